The molecule has 1 heterocycles. The maximum atomic E-state index is 11.6. The zero-order valence-electron chi connectivity index (χ0n) is 10.7. The van der Waals surface area contributed by atoms with Gasteiger partial charge in [-0.05, 0) is 20.8 Å². The van der Waals surface area contributed by atoms with Crippen molar-refractivity contribution in [2.45, 2.75) is 26.4 Å². The van der Waals surface area contributed by atoms with E-state index in [2.05, 4.69) is 13.2 Å². The summed E-state index contributed by atoms with van der Waals surface area (Å²) in [6.07, 6.45) is -0.469. The van der Waals surface area contributed by atoms with Gasteiger partial charge in [-0.15, -0.1) is 13.2 Å². The molecule has 1 aliphatic heterocycles. The van der Waals surface area contributed by atoms with E-state index in [1.54, 1.807) is 20.8 Å². The second kappa shape index (κ2) is 6.24. The summed E-state index contributed by atoms with van der Waals surface area (Å²) in [5.74, 6) is 5.10. The quantitative estimate of drug-likeness (QED) is 0.387. The number of piperazine rings is 1. The topological polar surface area (TPSA) is 75.9 Å². The van der Waals surface area contributed by atoms with E-state index in [4.69, 9.17) is 10.6 Å². The number of nitrogens with two attached hydrogens (primary N) is 1. The van der Waals surface area contributed by atoms with Crippen LogP contribution in [0.4, 0.5) is 4.79 Å². The van der Waals surface area contributed by atoms with Crippen LogP contribution in [0.1, 0.15) is 20.8 Å². The molecule has 6 nitrogen and oxygen atoms in total. The largest absolute Gasteiger partial charge is 0.444 e. The van der Waals surface area contributed by atoms with Crippen LogP contribution >= 0.6 is 0 Å². The van der Waals surface area contributed by atoms with E-state index in [0.717, 1.165) is 5.01 Å². The highest BCUT2D eigenvalue weighted by molar-refractivity contribution is 5.83. The highest BCUT2D eigenvalue weighted by atomic mass is 16.6. The second-order valence-corrected chi connectivity index (χ2v) is 4.49. The van der Waals surface area contributed by atoms with Crippen LogP contribution in [0, 0.1) is 0 Å². The first kappa shape index (κ1) is 15.4. The average Bonchev–Trinajstić information content (AvgIpc) is 2.22. The Balaban J connectivity index is 0.00000121. The molecule has 2 amide bonds. The summed E-state index contributed by atoms with van der Waals surface area (Å²) in [5, 5.41) is 1.11. The molecule has 2 N–H and O–H groups in total. The average molecular weight is 243 g/mol. The molecule has 0 bridgehead atoms. The van der Waals surface area contributed by atoms with Gasteiger partial charge in [0.1, 0.15) is 12.1 Å². The van der Waals surface area contributed by atoms with Crippen molar-refractivity contribution in [3.63, 3.8) is 0 Å². The number of ether oxygens (including phenoxy) is 1. The molecule has 0 spiro atoms. The summed E-state index contributed by atoms with van der Waals surface area (Å²) in [6, 6.07) is 0. The van der Waals surface area contributed by atoms with Crippen LogP contribution < -0.4 is 5.84 Å². The molecule has 17 heavy (non-hydrogen) atoms. The Morgan fingerprint density at radius 1 is 1.35 bits per heavy atom. The van der Waals surface area contributed by atoms with Gasteiger partial charge in [-0.3, -0.25) is 14.7 Å². The first-order chi connectivity index (χ1) is 7.79. The van der Waals surface area contributed by atoms with Crippen LogP contribution in [0.25, 0.3) is 0 Å². The normalized spacial score (nSPS) is 16.1. The molecule has 1 aliphatic rings. The number of amides is 2. The molecule has 98 valence electrons. The molecule has 6 heteroatoms. The SMILES string of the molecule is C=C.CC(C)(C)OC(=O)N1CCN(N)C(=O)C1. The lowest BCUT2D eigenvalue weighted by Gasteiger charge is -2.32. The van der Waals surface area contributed by atoms with Gasteiger partial charge >= 0.3 is 6.09 Å². The molecule has 0 unspecified atom stereocenters. The third kappa shape index (κ3) is 5.35. The van der Waals surface area contributed by atoms with Gasteiger partial charge in [-0.2, -0.15) is 0 Å². The molecule has 0 aromatic carbocycles. The Kier molecular flexibility index (Phi) is 5.67. The van der Waals surface area contributed by atoms with Gasteiger partial charge in [0, 0.05) is 6.54 Å². The van der Waals surface area contributed by atoms with Crippen LogP contribution in [-0.4, -0.2) is 47.1 Å². The van der Waals surface area contributed by atoms with Crippen molar-refractivity contribution in [3.8, 4) is 0 Å². The van der Waals surface area contributed by atoms with Gasteiger partial charge in [0.25, 0.3) is 5.91 Å². The van der Waals surface area contributed by atoms with Crippen molar-refractivity contribution >= 4 is 12.0 Å². The predicted octanol–water partition coefficient (Wildman–Crippen LogP) is 0.742. The van der Waals surface area contributed by atoms with Crippen molar-refractivity contribution in [1.29, 1.82) is 0 Å². The molecule has 1 fully saturated rings. The van der Waals surface area contributed by atoms with Gasteiger partial charge in [0.2, 0.25) is 0 Å². The predicted molar refractivity (Wildman–Crippen MR) is 65.0 cm³/mol. The Morgan fingerprint density at radius 2 is 1.88 bits per heavy atom. The van der Waals surface area contributed by atoms with Crippen molar-refractivity contribution < 1.29 is 14.3 Å². The molecule has 0 saturated carbocycles. The minimum atomic E-state index is -0.542. The van der Waals surface area contributed by atoms with Gasteiger partial charge < -0.3 is 4.74 Å². The van der Waals surface area contributed by atoms with Gasteiger partial charge in [-0.1, -0.05) is 0 Å². The number of hydrazine groups is 1. The molecule has 0 atom stereocenters. The fourth-order valence-electron chi connectivity index (χ4n) is 1.17. The van der Waals surface area contributed by atoms with E-state index in [9.17, 15) is 9.59 Å². The summed E-state index contributed by atoms with van der Waals surface area (Å²) in [5.41, 5.74) is -0.542. The van der Waals surface area contributed by atoms with E-state index in [1.807, 2.05) is 0 Å². The number of carbonyl (C=O) groups excluding carboxylic acids is 2. The molecule has 0 aromatic rings. The highest BCUT2D eigenvalue weighted by Crippen LogP contribution is 2.11. The fraction of sp³-hybridized carbons (Fsp3) is 0.636. The van der Waals surface area contributed by atoms with Crippen LogP contribution in [0.2, 0.25) is 0 Å². The van der Waals surface area contributed by atoms with E-state index >= 15 is 0 Å². The maximum absolute atomic E-state index is 11.6. The lowest BCUT2D eigenvalue weighted by atomic mass is 10.2. The van der Waals surface area contributed by atoms with Crippen LogP contribution in [0.15, 0.2) is 13.2 Å². The number of hydrogen-bond acceptors (Lipinski definition) is 4. The van der Waals surface area contributed by atoms with Gasteiger partial charge in [0.05, 0.1) is 6.54 Å². The molecular weight excluding hydrogens is 222 g/mol. The second-order valence-electron chi connectivity index (χ2n) is 4.49. The lowest BCUT2D eigenvalue weighted by Crippen LogP contribution is -2.55. The van der Waals surface area contributed by atoms with Crippen LogP contribution in [0.3, 0.4) is 0 Å². The Hall–Kier alpha value is -1.56. The summed E-state index contributed by atoms with van der Waals surface area (Å²) >= 11 is 0. The zero-order chi connectivity index (χ0) is 13.6. The minimum absolute atomic E-state index is 0.00852. The fourth-order valence-corrected chi connectivity index (χ4v) is 1.17. The molecule has 0 aliphatic carbocycles. The monoisotopic (exact) mass is 243 g/mol. The number of nitrogens with zero attached hydrogens (tertiary/aromatic N) is 2. The Labute approximate surface area is 102 Å². The molecule has 0 aromatic heterocycles. The lowest BCUT2D eigenvalue weighted by molar-refractivity contribution is -0.136. The zero-order valence-corrected chi connectivity index (χ0v) is 10.7. The van der Waals surface area contributed by atoms with Crippen molar-refractivity contribution in [2.75, 3.05) is 19.6 Å². The highest BCUT2D eigenvalue weighted by Gasteiger charge is 2.28. The first-order valence-corrected chi connectivity index (χ1v) is 5.32. The smallest absolute Gasteiger partial charge is 0.410 e. The van der Waals surface area contributed by atoms with E-state index in [0.29, 0.717) is 13.1 Å². The van der Waals surface area contributed by atoms with Crippen molar-refractivity contribution in [2.24, 2.45) is 5.84 Å². The third-order valence-corrected chi connectivity index (χ3v) is 1.91. The van der Waals surface area contributed by atoms with Gasteiger partial charge in [0.15, 0.2) is 0 Å². The third-order valence-electron chi connectivity index (χ3n) is 1.91. The molecule has 1 saturated heterocycles. The van der Waals surface area contributed by atoms with E-state index < -0.39 is 11.7 Å². The molecule has 0 radical (unpaired) electrons. The number of rotatable bonds is 0. The van der Waals surface area contributed by atoms with Crippen molar-refractivity contribution in [1.82, 2.24) is 9.91 Å². The Bertz CT molecular complexity index is 286. The Morgan fingerprint density at radius 3 is 2.29 bits per heavy atom. The van der Waals surface area contributed by atoms with E-state index in [1.165, 1.54) is 4.90 Å². The maximum Gasteiger partial charge on any atom is 0.410 e. The first-order valence-electron chi connectivity index (χ1n) is 5.32. The summed E-state index contributed by atoms with van der Waals surface area (Å²) in [7, 11) is 0. The summed E-state index contributed by atoms with van der Waals surface area (Å²) in [6.45, 7) is 12.1. The summed E-state index contributed by atoms with van der Waals surface area (Å²) < 4.78 is 5.14. The number of carbonyl (C=O) groups is 2. The van der Waals surface area contributed by atoms with Crippen LogP contribution in [-0.2, 0) is 9.53 Å². The van der Waals surface area contributed by atoms with E-state index in [-0.39, 0.29) is 12.5 Å². The van der Waals surface area contributed by atoms with Crippen LogP contribution in [0.5, 0.6) is 0 Å². The standard InChI is InChI=1S/C9H17N3O3.C2H4/c1-9(2,3)15-8(14)11-4-5-12(10)7(13)6-11;1-2/h4-6,10H2,1-3H3;1-2H2. The molecular formula is C11H21N3O3. The number of hydrogen-bond donors (Lipinski definition) is 1. The summed E-state index contributed by atoms with van der Waals surface area (Å²) in [4.78, 5) is 24.1. The van der Waals surface area contributed by atoms with Gasteiger partial charge in [-0.25, -0.2) is 10.6 Å². The van der Waals surface area contributed by atoms with Crippen molar-refractivity contribution in [3.05, 3.63) is 13.2 Å². The minimum Gasteiger partial charge on any atom is -0.444 e. The molecule has 1 rings (SSSR count).